The number of carbonyl (C=O) groups excluding carboxylic acids is 1. The number of nitrogens with one attached hydrogen (secondary N) is 2. The van der Waals surface area contributed by atoms with E-state index in [9.17, 15) is 4.79 Å². The Kier molecular flexibility index (Phi) is 6.33. The van der Waals surface area contributed by atoms with E-state index in [-0.39, 0.29) is 5.91 Å². The zero-order valence-corrected chi connectivity index (χ0v) is 16.6. The van der Waals surface area contributed by atoms with E-state index in [1.54, 1.807) is 38.8 Å². The molecule has 0 spiro atoms. The fourth-order valence-electron chi connectivity index (χ4n) is 2.58. The number of rotatable bonds is 8. The molecule has 8 heteroatoms. The fraction of sp³-hybridized carbons (Fsp3) is 0.200. The Morgan fingerprint density at radius 1 is 1.04 bits per heavy atom. The molecule has 0 aliphatic heterocycles. The highest BCUT2D eigenvalue weighted by atomic mass is 32.1. The Bertz CT molecular complexity index is 919. The number of ether oxygens (including phenoxy) is 3. The second kappa shape index (κ2) is 9.09. The van der Waals surface area contributed by atoms with Gasteiger partial charge in [0.1, 0.15) is 5.69 Å². The van der Waals surface area contributed by atoms with Gasteiger partial charge >= 0.3 is 0 Å². The van der Waals surface area contributed by atoms with Crippen LogP contribution in [0.1, 0.15) is 16.1 Å². The summed E-state index contributed by atoms with van der Waals surface area (Å²) in [4.78, 5) is 16.7. The van der Waals surface area contributed by atoms with Crippen LogP contribution < -0.4 is 24.8 Å². The molecule has 3 rings (SSSR count). The Hall–Kier alpha value is -3.26. The minimum absolute atomic E-state index is 0.224. The van der Waals surface area contributed by atoms with Crippen molar-refractivity contribution < 1.29 is 19.0 Å². The number of amides is 1. The van der Waals surface area contributed by atoms with E-state index in [0.29, 0.717) is 40.3 Å². The van der Waals surface area contributed by atoms with Crippen molar-refractivity contribution in [2.75, 3.05) is 26.6 Å². The summed E-state index contributed by atoms with van der Waals surface area (Å²) in [6.07, 6.45) is 0. The van der Waals surface area contributed by atoms with Crippen LogP contribution in [0.2, 0.25) is 0 Å². The summed E-state index contributed by atoms with van der Waals surface area (Å²) in [7, 11) is 4.66. The number of aromatic nitrogens is 1. The summed E-state index contributed by atoms with van der Waals surface area (Å²) in [5.41, 5.74) is 2.10. The summed E-state index contributed by atoms with van der Waals surface area (Å²) in [5.74, 6) is 1.34. The van der Waals surface area contributed by atoms with Gasteiger partial charge in [0.25, 0.3) is 5.91 Å². The Morgan fingerprint density at radius 2 is 1.71 bits per heavy atom. The normalized spacial score (nSPS) is 10.2. The third kappa shape index (κ3) is 4.52. The van der Waals surface area contributed by atoms with E-state index in [2.05, 4.69) is 15.6 Å². The number of carbonyl (C=O) groups is 1. The summed E-state index contributed by atoms with van der Waals surface area (Å²) < 4.78 is 16.0. The molecule has 0 aliphatic rings. The lowest BCUT2D eigenvalue weighted by Crippen LogP contribution is -2.23. The molecule has 28 heavy (non-hydrogen) atoms. The zero-order chi connectivity index (χ0) is 19.9. The van der Waals surface area contributed by atoms with Gasteiger partial charge in [-0.2, -0.15) is 0 Å². The second-order valence-corrected chi connectivity index (χ2v) is 6.60. The lowest BCUT2D eigenvalue weighted by molar-refractivity contribution is 0.0946. The molecule has 0 unspecified atom stereocenters. The van der Waals surface area contributed by atoms with Gasteiger partial charge in [0.15, 0.2) is 16.6 Å². The quantitative estimate of drug-likeness (QED) is 0.599. The third-order valence-electron chi connectivity index (χ3n) is 3.95. The number of thiazole rings is 1. The van der Waals surface area contributed by atoms with Crippen molar-refractivity contribution in [3.8, 4) is 17.2 Å². The first kappa shape index (κ1) is 19.5. The minimum Gasteiger partial charge on any atom is -0.493 e. The van der Waals surface area contributed by atoms with Gasteiger partial charge in [-0.1, -0.05) is 30.3 Å². The van der Waals surface area contributed by atoms with Gasteiger partial charge in [-0.3, -0.25) is 4.79 Å². The maximum Gasteiger partial charge on any atom is 0.271 e. The standard InChI is InChI=1S/C20H21N3O4S/c1-25-16-9-14(10-17(26-2)18(16)27-3)22-20-23-15(12-28-20)19(24)21-11-13-7-5-4-6-8-13/h4-10,12H,11H2,1-3H3,(H,21,24)(H,22,23). The number of hydrogen-bond donors (Lipinski definition) is 2. The molecular formula is C20H21N3O4S. The van der Waals surface area contributed by atoms with Gasteiger partial charge in [0.05, 0.1) is 21.3 Å². The third-order valence-corrected chi connectivity index (χ3v) is 4.71. The first-order valence-electron chi connectivity index (χ1n) is 8.49. The summed E-state index contributed by atoms with van der Waals surface area (Å²) in [6.45, 7) is 0.451. The highest BCUT2D eigenvalue weighted by Crippen LogP contribution is 2.40. The molecule has 0 bridgehead atoms. The van der Waals surface area contributed by atoms with Gasteiger partial charge in [0.2, 0.25) is 5.75 Å². The number of hydrogen-bond acceptors (Lipinski definition) is 7. The van der Waals surface area contributed by atoms with Crippen molar-refractivity contribution in [1.29, 1.82) is 0 Å². The summed E-state index contributed by atoms with van der Waals surface area (Å²) in [5, 5.41) is 8.32. The molecule has 1 aromatic heterocycles. The fourth-order valence-corrected chi connectivity index (χ4v) is 3.29. The van der Waals surface area contributed by atoms with Crippen LogP contribution in [0.25, 0.3) is 0 Å². The topological polar surface area (TPSA) is 81.7 Å². The van der Waals surface area contributed by atoms with Crippen LogP contribution >= 0.6 is 11.3 Å². The van der Waals surface area contributed by atoms with Crippen molar-refractivity contribution in [1.82, 2.24) is 10.3 Å². The van der Waals surface area contributed by atoms with E-state index >= 15 is 0 Å². The highest BCUT2D eigenvalue weighted by molar-refractivity contribution is 7.14. The van der Waals surface area contributed by atoms with Gasteiger partial charge < -0.3 is 24.8 Å². The number of anilines is 2. The van der Waals surface area contributed by atoms with Crippen LogP contribution in [0.3, 0.4) is 0 Å². The molecule has 146 valence electrons. The average Bonchev–Trinajstić information content (AvgIpc) is 3.20. The van der Waals surface area contributed by atoms with E-state index < -0.39 is 0 Å². The van der Waals surface area contributed by atoms with E-state index in [0.717, 1.165) is 5.56 Å². The maximum absolute atomic E-state index is 12.3. The Labute approximate surface area is 167 Å². The largest absolute Gasteiger partial charge is 0.493 e. The van der Waals surface area contributed by atoms with Gasteiger partial charge in [-0.15, -0.1) is 11.3 Å². The first-order chi connectivity index (χ1) is 13.6. The molecular weight excluding hydrogens is 378 g/mol. The molecule has 2 N–H and O–H groups in total. The van der Waals surface area contributed by atoms with Crippen molar-refractivity contribution >= 4 is 28.1 Å². The summed E-state index contributed by atoms with van der Waals surface area (Å²) >= 11 is 1.34. The minimum atomic E-state index is -0.224. The van der Waals surface area contributed by atoms with E-state index in [1.165, 1.54) is 11.3 Å². The number of nitrogens with zero attached hydrogens (tertiary/aromatic N) is 1. The number of methoxy groups -OCH3 is 3. The van der Waals surface area contributed by atoms with Crippen molar-refractivity contribution in [2.24, 2.45) is 0 Å². The molecule has 0 aliphatic carbocycles. The zero-order valence-electron chi connectivity index (χ0n) is 15.8. The average molecular weight is 399 g/mol. The molecule has 1 amide bonds. The molecule has 0 atom stereocenters. The van der Waals surface area contributed by atoms with Gasteiger partial charge in [0, 0.05) is 29.7 Å². The molecule has 1 heterocycles. The molecule has 0 radical (unpaired) electrons. The molecule has 2 aromatic carbocycles. The number of benzene rings is 2. The van der Waals surface area contributed by atoms with Crippen LogP contribution in [0.4, 0.5) is 10.8 Å². The van der Waals surface area contributed by atoms with E-state index in [1.807, 2.05) is 30.3 Å². The summed E-state index contributed by atoms with van der Waals surface area (Å²) in [6, 6.07) is 13.3. The second-order valence-electron chi connectivity index (χ2n) is 5.75. The van der Waals surface area contributed by atoms with Crippen molar-refractivity contribution in [2.45, 2.75) is 6.54 Å². The van der Waals surface area contributed by atoms with Crippen LogP contribution in [-0.2, 0) is 6.54 Å². The van der Waals surface area contributed by atoms with Gasteiger partial charge in [-0.25, -0.2) is 4.98 Å². The van der Waals surface area contributed by atoms with Gasteiger partial charge in [-0.05, 0) is 5.56 Å². The van der Waals surface area contributed by atoms with Crippen LogP contribution in [-0.4, -0.2) is 32.2 Å². The highest BCUT2D eigenvalue weighted by Gasteiger charge is 2.15. The predicted molar refractivity (Wildman–Crippen MR) is 109 cm³/mol. The van der Waals surface area contributed by atoms with Crippen LogP contribution in [0.15, 0.2) is 47.8 Å². The monoisotopic (exact) mass is 399 g/mol. The Morgan fingerprint density at radius 3 is 2.32 bits per heavy atom. The SMILES string of the molecule is COc1cc(Nc2nc(C(=O)NCc3ccccc3)cs2)cc(OC)c1OC. The smallest absolute Gasteiger partial charge is 0.271 e. The lowest BCUT2D eigenvalue weighted by Gasteiger charge is -2.14. The molecule has 3 aromatic rings. The van der Waals surface area contributed by atoms with Crippen molar-refractivity contribution in [3.63, 3.8) is 0 Å². The van der Waals surface area contributed by atoms with Crippen molar-refractivity contribution in [3.05, 3.63) is 59.1 Å². The lowest BCUT2D eigenvalue weighted by atomic mass is 10.2. The predicted octanol–water partition coefficient (Wildman–Crippen LogP) is 3.84. The van der Waals surface area contributed by atoms with Crippen LogP contribution in [0, 0.1) is 0 Å². The molecule has 0 saturated carbocycles. The molecule has 0 saturated heterocycles. The van der Waals surface area contributed by atoms with E-state index in [4.69, 9.17) is 14.2 Å². The Balaban J connectivity index is 1.69. The first-order valence-corrected chi connectivity index (χ1v) is 9.37. The molecule has 0 fully saturated rings. The van der Waals surface area contributed by atoms with Crippen LogP contribution in [0.5, 0.6) is 17.2 Å². The molecule has 7 nitrogen and oxygen atoms in total. The maximum atomic E-state index is 12.3.